The molecule has 1 aromatic carbocycles. The van der Waals surface area contributed by atoms with E-state index in [2.05, 4.69) is 10.3 Å². The van der Waals surface area contributed by atoms with Crippen molar-refractivity contribution in [2.75, 3.05) is 6.54 Å². The van der Waals surface area contributed by atoms with Crippen LogP contribution in [0.25, 0.3) is 0 Å². The second-order valence-electron chi connectivity index (χ2n) is 4.64. The van der Waals surface area contributed by atoms with Crippen molar-refractivity contribution in [3.63, 3.8) is 0 Å². The first-order valence-corrected chi connectivity index (χ1v) is 6.35. The van der Waals surface area contributed by atoms with E-state index in [1.165, 1.54) is 4.90 Å². The van der Waals surface area contributed by atoms with Crippen LogP contribution >= 0.6 is 0 Å². The van der Waals surface area contributed by atoms with Gasteiger partial charge in [0.25, 0.3) is 0 Å². The molecular formula is C14H14N4O2. The van der Waals surface area contributed by atoms with Gasteiger partial charge in [-0.25, -0.2) is 9.78 Å². The third-order valence-corrected chi connectivity index (χ3v) is 3.30. The minimum atomic E-state index is -0.326. The number of carbonyl (C=O) groups is 2. The van der Waals surface area contributed by atoms with Crippen molar-refractivity contribution in [1.82, 2.24) is 19.8 Å². The standard InChI is InChI=1S/C14H14N4O2/c19-13-7-16-14(20)18(13)9-12-4-2-1-3-11(12)8-17-6-5-15-10-17/h1-6,10H,7-9H2,(H,16,20). The van der Waals surface area contributed by atoms with Gasteiger partial charge in [-0.2, -0.15) is 0 Å². The minimum absolute atomic E-state index is 0.0858. The second-order valence-corrected chi connectivity index (χ2v) is 4.64. The second kappa shape index (κ2) is 5.16. The molecule has 0 unspecified atom stereocenters. The quantitative estimate of drug-likeness (QED) is 0.842. The Morgan fingerprint density at radius 1 is 1.15 bits per heavy atom. The Morgan fingerprint density at radius 3 is 2.50 bits per heavy atom. The molecule has 0 radical (unpaired) electrons. The predicted molar refractivity (Wildman–Crippen MR) is 71.7 cm³/mol. The van der Waals surface area contributed by atoms with Crippen LogP contribution in [0.1, 0.15) is 11.1 Å². The molecule has 1 fully saturated rings. The Bertz CT molecular complexity index is 620. The first-order valence-electron chi connectivity index (χ1n) is 6.35. The van der Waals surface area contributed by atoms with E-state index in [9.17, 15) is 9.59 Å². The largest absolute Gasteiger partial charge is 0.333 e. The zero-order chi connectivity index (χ0) is 13.9. The molecule has 102 valence electrons. The number of carbonyl (C=O) groups excluding carboxylic acids is 2. The van der Waals surface area contributed by atoms with E-state index in [-0.39, 0.29) is 18.5 Å². The van der Waals surface area contributed by atoms with Gasteiger partial charge < -0.3 is 9.88 Å². The number of nitrogens with one attached hydrogen (secondary N) is 1. The Balaban J connectivity index is 1.82. The predicted octanol–water partition coefficient (Wildman–Crippen LogP) is 0.983. The van der Waals surface area contributed by atoms with E-state index in [4.69, 9.17) is 0 Å². The van der Waals surface area contributed by atoms with Gasteiger partial charge in [0, 0.05) is 18.9 Å². The summed E-state index contributed by atoms with van der Waals surface area (Å²) in [6.45, 7) is 1.05. The summed E-state index contributed by atoms with van der Waals surface area (Å²) in [5, 5.41) is 2.53. The third kappa shape index (κ3) is 2.40. The zero-order valence-electron chi connectivity index (χ0n) is 10.8. The highest BCUT2D eigenvalue weighted by atomic mass is 16.2. The van der Waals surface area contributed by atoms with Crippen molar-refractivity contribution in [3.8, 4) is 0 Å². The Labute approximate surface area is 116 Å². The normalized spacial score (nSPS) is 14.7. The van der Waals surface area contributed by atoms with Gasteiger partial charge in [0.05, 0.1) is 19.4 Å². The maximum absolute atomic E-state index is 11.6. The van der Waals surface area contributed by atoms with Gasteiger partial charge in [-0.05, 0) is 11.1 Å². The summed E-state index contributed by atoms with van der Waals surface area (Å²) >= 11 is 0. The topological polar surface area (TPSA) is 67.2 Å². The average molecular weight is 270 g/mol. The van der Waals surface area contributed by atoms with E-state index in [1.54, 1.807) is 12.5 Å². The van der Waals surface area contributed by atoms with Crippen LogP contribution in [0.3, 0.4) is 0 Å². The first kappa shape index (κ1) is 12.4. The van der Waals surface area contributed by atoms with Gasteiger partial charge in [-0.1, -0.05) is 24.3 Å². The highest BCUT2D eigenvalue weighted by Crippen LogP contribution is 2.15. The minimum Gasteiger partial charge on any atom is -0.333 e. The Hall–Kier alpha value is -2.63. The number of imide groups is 1. The first-order chi connectivity index (χ1) is 9.74. The van der Waals surface area contributed by atoms with Crippen molar-refractivity contribution in [1.29, 1.82) is 0 Å². The molecule has 1 saturated heterocycles. The number of nitrogens with zero attached hydrogens (tertiary/aromatic N) is 3. The van der Waals surface area contributed by atoms with Crippen LogP contribution in [-0.4, -0.2) is 32.9 Å². The maximum atomic E-state index is 11.6. The molecule has 2 aromatic rings. The highest BCUT2D eigenvalue weighted by Gasteiger charge is 2.28. The van der Waals surface area contributed by atoms with Crippen LogP contribution in [0.2, 0.25) is 0 Å². The molecular weight excluding hydrogens is 256 g/mol. The van der Waals surface area contributed by atoms with E-state index < -0.39 is 0 Å². The van der Waals surface area contributed by atoms with Gasteiger partial charge in [0.15, 0.2) is 0 Å². The molecule has 0 aliphatic carbocycles. The Morgan fingerprint density at radius 2 is 1.90 bits per heavy atom. The smallest absolute Gasteiger partial charge is 0.324 e. The third-order valence-electron chi connectivity index (χ3n) is 3.30. The molecule has 2 heterocycles. The SMILES string of the molecule is O=C1CNC(=O)N1Cc1ccccc1Cn1ccnc1. The van der Waals surface area contributed by atoms with Crippen molar-refractivity contribution in [2.24, 2.45) is 0 Å². The molecule has 0 saturated carbocycles. The Kier molecular flexibility index (Phi) is 3.20. The van der Waals surface area contributed by atoms with E-state index >= 15 is 0 Å². The lowest BCUT2D eigenvalue weighted by molar-refractivity contribution is -0.125. The molecule has 0 atom stereocenters. The number of amides is 3. The fourth-order valence-electron chi connectivity index (χ4n) is 2.23. The molecule has 6 heteroatoms. The molecule has 1 N–H and O–H groups in total. The fraction of sp³-hybridized carbons (Fsp3) is 0.214. The van der Waals surface area contributed by atoms with Gasteiger partial charge >= 0.3 is 6.03 Å². The molecule has 0 bridgehead atoms. The number of benzene rings is 1. The van der Waals surface area contributed by atoms with E-state index in [0.717, 1.165) is 11.1 Å². The van der Waals surface area contributed by atoms with Crippen LogP contribution in [0.15, 0.2) is 43.0 Å². The van der Waals surface area contributed by atoms with Crippen LogP contribution in [-0.2, 0) is 17.9 Å². The number of urea groups is 1. The number of rotatable bonds is 4. The van der Waals surface area contributed by atoms with Crippen LogP contribution in [0.5, 0.6) is 0 Å². The van der Waals surface area contributed by atoms with Crippen molar-refractivity contribution < 1.29 is 9.59 Å². The van der Waals surface area contributed by atoms with E-state index in [0.29, 0.717) is 13.1 Å². The zero-order valence-corrected chi connectivity index (χ0v) is 10.8. The number of hydrogen-bond acceptors (Lipinski definition) is 3. The summed E-state index contributed by atoms with van der Waals surface area (Å²) in [6.07, 6.45) is 5.34. The summed E-state index contributed by atoms with van der Waals surface area (Å²) in [6, 6.07) is 7.46. The lowest BCUT2D eigenvalue weighted by atomic mass is 10.1. The van der Waals surface area contributed by atoms with Gasteiger partial charge in [0.2, 0.25) is 5.91 Å². The molecule has 3 amide bonds. The molecule has 3 rings (SSSR count). The average Bonchev–Trinajstić information content (AvgIpc) is 3.06. The molecule has 1 aliphatic rings. The number of hydrogen-bond donors (Lipinski definition) is 1. The molecule has 1 aliphatic heterocycles. The molecule has 0 spiro atoms. The van der Waals surface area contributed by atoms with Crippen LogP contribution < -0.4 is 5.32 Å². The maximum Gasteiger partial charge on any atom is 0.324 e. The fourth-order valence-corrected chi connectivity index (χ4v) is 2.23. The van der Waals surface area contributed by atoms with Gasteiger partial charge in [-0.3, -0.25) is 9.69 Å². The highest BCUT2D eigenvalue weighted by molar-refractivity contribution is 6.01. The molecule has 20 heavy (non-hydrogen) atoms. The lowest BCUT2D eigenvalue weighted by Crippen LogP contribution is -2.30. The summed E-state index contributed by atoms with van der Waals surface area (Å²) in [5.41, 5.74) is 2.03. The summed E-state index contributed by atoms with van der Waals surface area (Å²) < 4.78 is 1.95. The summed E-state index contributed by atoms with van der Waals surface area (Å²) in [5.74, 6) is -0.188. The van der Waals surface area contributed by atoms with Crippen LogP contribution in [0, 0.1) is 0 Å². The molecule has 6 nitrogen and oxygen atoms in total. The van der Waals surface area contributed by atoms with Gasteiger partial charge in [-0.15, -0.1) is 0 Å². The van der Waals surface area contributed by atoms with Crippen molar-refractivity contribution in [2.45, 2.75) is 13.1 Å². The lowest BCUT2D eigenvalue weighted by Gasteiger charge is -2.15. The summed E-state index contributed by atoms with van der Waals surface area (Å²) in [4.78, 5) is 28.5. The number of aromatic nitrogens is 2. The van der Waals surface area contributed by atoms with E-state index in [1.807, 2.05) is 35.0 Å². The van der Waals surface area contributed by atoms with Crippen molar-refractivity contribution in [3.05, 3.63) is 54.1 Å². The summed E-state index contributed by atoms with van der Waals surface area (Å²) in [7, 11) is 0. The monoisotopic (exact) mass is 270 g/mol. The van der Waals surface area contributed by atoms with Crippen LogP contribution in [0.4, 0.5) is 4.79 Å². The molecule has 1 aromatic heterocycles. The van der Waals surface area contributed by atoms with Crippen molar-refractivity contribution >= 4 is 11.9 Å². The van der Waals surface area contributed by atoms with Gasteiger partial charge in [0.1, 0.15) is 0 Å². The number of imidazole rings is 1.